The predicted molar refractivity (Wildman–Crippen MR) is 77.3 cm³/mol. The molecule has 1 aliphatic heterocycles. The number of hydrogen-bond acceptors (Lipinski definition) is 3. The molecular weight excluding hydrogens is 252 g/mol. The van der Waals surface area contributed by atoms with Crippen molar-refractivity contribution in [3.8, 4) is 0 Å². The lowest BCUT2D eigenvalue weighted by Crippen LogP contribution is -2.55. The summed E-state index contributed by atoms with van der Waals surface area (Å²) in [4.78, 5) is 12.8. The van der Waals surface area contributed by atoms with Crippen LogP contribution in [0.5, 0.6) is 0 Å². The second kappa shape index (κ2) is 5.56. The van der Waals surface area contributed by atoms with Gasteiger partial charge in [-0.15, -0.1) is 0 Å². The maximum Gasteiger partial charge on any atom is 0.248 e. The van der Waals surface area contributed by atoms with Crippen molar-refractivity contribution in [1.29, 1.82) is 0 Å². The lowest BCUT2D eigenvalue weighted by Gasteiger charge is -2.36. The predicted octanol–water partition coefficient (Wildman–Crippen LogP) is 1.27. The molecule has 5 heteroatoms. The standard InChI is InChI=1S/C15H24N4O/c1-2-4-12-11-13(12)18-14(20)15(5-8-16-9-6-15)19-10-3-7-17-19/h3,7,10,12-13,16H,2,4-6,8-9,11H2,1H3,(H,18,20). The summed E-state index contributed by atoms with van der Waals surface area (Å²) in [5.41, 5.74) is -0.492. The summed E-state index contributed by atoms with van der Waals surface area (Å²) >= 11 is 0. The number of amides is 1. The third kappa shape index (κ3) is 2.46. The van der Waals surface area contributed by atoms with Crippen LogP contribution in [0.3, 0.4) is 0 Å². The van der Waals surface area contributed by atoms with Crippen molar-refractivity contribution in [3.05, 3.63) is 18.5 Å². The zero-order valence-electron chi connectivity index (χ0n) is 12.1. The molecule has 2 atom stereocenters. The van der Waals surface area contributed by atoms with Gasteiger partial charge in [0.15, 0.2) is 0 Å². The molecule has 1 aliphatic carbocycles. The minimum Gasteiger partial charge on any atom is -0.351 e. The normalized spacial score (nSPS) is 28.1. The monoisotopic (exact) mass is 276 g/mol. The van der Waals surface area contributed by atoms with E-state index >= 15 is 0 Å². The molecule has 1 amide bonds. The first-order valence-corrected chi connectivity index (χ1v) is 7.78. The van der Waals surface area contributed by atoms with E-state index in [-0.39, 0.29) is 5.91 Å². The molecule has 110 valence electrons. The Hall–Kier alpha value is -1.36. The number of piperidine rings is 1. The van der Waals surface area contributed by atoms with Crippen LogP contribution in [0.15, 0.2) is 18.5 Å². The first kappa shape index (κ1) is 13.6. The second-order valence-electron chi connectivity index (χ2n) is 6.10. The van der Waals surface area contributed by atoms with Gasteiger partial charge in [0.1, 0.15) is 5.54 Å². The molecule has 2 heterocycles. The van der Waals surface area contributed by atoms with Crippen molar-refractivity contribution >= 4 is 5.91 Å². The van der Waals surface area contributed by atoms with Gasteiger partial charge in [-0.25, -0.2) is 0 Å². The van der Waals surface area contributed by atoms with Crippen molar-refractivity contribution in [3.63, 3.8) is 0 Å². The molecule has 1 aromatic rings. The largest absolute Gasteiger partial charge is 0.351 e. The van der Waals surface area contributed by atoms with Crippen molar-refractivity contribution in [2.45, 2.75) is 50.6 Å². The topological polar surface area (TPSA) is 59.0 Å². The van der Waals surface area contributed by atoms with Crippen molar-refractivity contribution in [2.24, 2.45) is 5.92 Å². The molecule has 1 saturated carbocycles. The molecule has 0 radical (unpaired) electrons. The van der Waals surface area contributed by atoms with E-state index in [2.05, 4.69) is 22.7 Å². The fraction of sp³-hybridized carbons (Fsp3) is 0.733. The quantitative estimate of drug-likeness (QED) is 0.851. The van der Waals surface area contributed by atoms with Crippen LogP contribution in [0.25, 0.3) is 0 Å². The number of nitrogens with one attached hydrogen (secondary N) is 2. The Labute approximate surface area is 120 Å². The Morgan fingerprint density at radius 2 is 2.30 bits per heavy atom. The highest BCUT2D eigenvalue weighted by molar-refractivity contribution is 5.85. The number of carbonyl (C=O) groups is 1. The van der Waals surface area contributed by atoms with E-state index < -0.39 is 5.54 Å². The Kier molecular flexibility index (Phi) is 3.78. The van der Waals surface area contributed by atoms with E-state index in [0.29, 0.717) is 12.0 Å². The van der Waals surface area contributed by atoms with Gasteiger partial charge < -0.3 is 10.6 Å². The molecule has 2 N–H and O–H groups in total. The van der Waals surface area contributed by atoms with Gasteiger partial charge in [-0.3, -0.25) is 9.48 Å². The highest BCUT2D eigenvalue weighted by Crippen LogP contribution is 2.36. The fourth-order valence-corrected chi connectivity index (χ4v) is 3.34. The summed E-state index contributed by atoms with van der Waals surface area (Å²) < 4.78 is 1.86. The van der Waals surface area contributed by atoms with Crippen LogP contribution in [0.1, 0.15) is 39.0 Å². The van der Waals surface area contributed by atoms with Crippen LogP contribution in [-0.2, 0) is 10.3 Å². The lowest BCUT2D eigenvalue weighted by atomic mass is 9.87. The average Bonchev–Trinajstić information content (AvgIpc) is 2.98. The van der Waals surface area contributed by atoms with Crippen molar-refractivity contribution in [2.75, 3.05) is 13.1 Å². The van der Waals surface area contributed by atoms with E-state index in [1.807, 2.05) is 16.9 Å². The minimum absolute atomic E-state index is 0.159. The lowest BCUT2D eigenvalue weighted by molar-refractivity contribution is -0.132. The number of rotatable bonds is 5. The highest BCUT2D eigenvalue weighted by Gasteiger charge is 2.46. The molecule has 3 rings (SSSR count). The van der Waals surface area contributed by atoms with E-state index in [1.165, 1.54) is 12.8 Å². The smallest absolute Gasteiger partial charge is 0.248 e. The van der Waals surface area contributed by atoms with Crippen LogP contribution in [0, 0.1) is 5.92 Å². The van der Waals surface area contributed by atoms with Crippen molar-refractivity contribution in [1.82, 2.24) is 20.4 Å². The zero-order chi connectivity index (χ0) is 14.0. The number of nitrogens with zero attached hydrogens (tertiary/aromatic N) is 2. The number of carbonyl (C=O) groups excluding carboxylic acids is 1. The highest BCUT2D eigenvalue weighted by atomic mass is 16.2. The van der Waals surface area contributed by atoms with Gasteiger partial charge in [-0.05, 0) is 50.8 Å². The molecule has 2 aliphatic rings. The first-order chi connectivity index (χ1) is 9.76. The molecule has 0 bridgehead atoms. The Balaban J connectivity index is 1.71. The summed E-state index contributed by atoms with van der Waals surface area (Å²) in [6.07, 6.45) is 8.87. The van der Waals surface area contributed by atoms with Crippen LogP contribution in [0.2, 0.25) is 0 Å². The molecular formula is C15H24N4O. The molecule has 20 heavy (non-hydrogen) atoms. The molecule has 1 saturated heterocycles. The van der Waals surface area contributed by atoms with Crippen molar-refractivity contribution < 1.29 is 4.79 Å². The Morgan fingerprint density at radius 1 is 1.50 bits per heavy atom. The zero-order valence-corrected chi connectivity index (χ0v) is 12.1. The van der Waals surface area contributed by atoms with Crippen LogP contribution >= 0.6 is 0 Å². The third-order valence-electron chi connectivity index (χ3n) is 4.69. The second-order valence-corrected chi connectivity index (χ2v) is 6.10. The Bertz CT molecular complexity index is 450. The maximum atomic E-state index is 12.8. The van der Waals surface area contributed by atoms with Gasteiger partial charge in [-0.2, -0.15) is 5.10 Å². The van der Waals surface area contributed by atoms with Crippen LogP contribution < -0.4 is 10.6 Å². The third-order valence-corrected chi connectivity index (χ3v) is 4.69. The first-order valence-electron chi connectivity index (χ1n) is 7.78. The molecule has 1 aromatic heterocycles. The SMILES string of the molecule is CCCC1CC1NC(=O)C1(n2cccn2)CCNCC1. The van der Waals surface area contributed by atoms with Gasteiger partial charge >= 0.3 is 0 Å². The average molecular weight is 276 g/mol. The van der Waals surface area contributed by atoms with E-state index in [4.69, 9.17) is 0 Å². The molecule has 5 nitrogen and oxygen atoms in total. The van der Waals surface area contributed by atoms with Gasteiger partial charge in [0.25, 0.3) is 0 Å². The number of hydrogen-bond donors (Lipinski definition) is 2. The van der Waals surface area contributed by atoms with Gasteiger partial charge in [0.05, 0.1) is 0 Å². The van der Waals surface area contributed by atoms with Gasteiger partial charge in [0.2, 0.25) is 5.91 Å². The summed E-state index contributed by atoms with van der Waals surface area (Å²) in [6, 6.07) is 2.29. The summed E-state index contributed by atoms with van der Waals surface area (Å²) in [7, 11) is 0. The Morgan fingerprint density at radius 3 is 2.95 bits per heavy atom. The number of aromatic nitrogens is 2. The molecule has 0 spiro atoms. The van der Waals surface area contributed by atoms with Gasteiger partial charge in [-0.1, -0.05) is 13.3 Å². The van der Waals surface area contributed by atoms with E-state index in [1.54, 1.807) is 6.20 Å². The van der Waals surface area contributed by atoms with E-state index in [0.717, 1.165) is 32.4 Å². The fourth-order valence-electron chi connectivity index (χ4n) is 3.34. The van der Waals surface area contributed by atoms with Crippen LogP contribution in [-0.4, -0.2) is 34.8 Å². The summed E-state index contributed by atoms with van der Waals surface area (Å²) in [6.45, 7) is 3.95. The van der Waals surface area contributed by atoms with Crippen LogP contribution in [0.4, 0.5) is 0 Å². The van der Waals surface area contributed by atoms with Gasteiger partial charge in [0, 0.05) is 18.4 Å². The molecule has 0 aromatic carbocycles. The summed E-state index contributed by atoms with van der Waals surface area (Å²) in [5.74, 6) is 0.853. The summed E-state index contributed by atoms with van der Waals surface area (Å²) in [5, 5.41) is 10.9. The maximum absolute atomic E-state index is 12.8. The molecule has 2 unspecified atom stereocenters. The molecule has 2 fully saturated rings. The minimum atomic E-state index is -0.492. The van der Waals surface area contributed by atoms with E-state index in [9.17, 15) is 4.79 Å².